The van der Waals surface area contributed by atoms with Crippen molar-refractivity contribution in [2.45, 2.75) is 19.9 Å². The number of rotatable bonds is 6. The Balaban J connectivity index is 1.90. The van der Waals surface area contributed by atoms with E-state index in [1.807, 2.05) is 6.92 Å². The molecule has 1 aliphatic heterocycles. The molecule has 1 fully saturated rings. The number of esters is 1. The van der Waals surface area contributed by atoms with Crippen LogP contribution in [-0.4, -0.2) is 41.5 Å². The molecule has 4 rings (SSSR count). The largest absolute Gasteiger partial charge is 0.507 e. The monoisotopic (exact) mass is 478 g/mol. The Morgan fingerprint density at radius 3 is 2.41 bits per heavy atom. The predicted molar refractivity (Wildman–Crippen MR) is 127 cm³/mol. The molecule has 9 heteroatoms. The maximum atomic E-state index is 13.2. The highest BCUT2D eigenvalue weighted by molar-refractivity contribution is 7.17. The topological polar surface area (TPSA) is 106 Å². The van der Waals surface area contributed by atoms with Crippen LogP contribution in [0.4, 0.5) is 5.13 Å². The Labute approximate surface area is 200 Å². The second kappa shape index (κ2) is 9.48. The number of amides is 1. The Kier molecular flexibility index (Phi) is 6.47. The number of carbonyl (C=O) groups is 3. The molecule has 1 aromatic heterocycles. The molecule has 1 aliphatic rings. The molecule has 1 N–H and O–H groups in total. The average molecular weight is 479 g/mol. The van der Waals surface area contributed by atoms with Crippen LogP contribution in [-0.2, 0) is 14.3 Å². The van der Waals surface area contributed by atoms with Gasteiger partial charge in [0.05, 0.1) is 31.0 Å². The van der Waals surface area contributed by atoms with Crippen molar-refractivity contribution in [2.24, 2.45) is 0 Å². The molecule has 34 heavy (non-hydrogen) atoms. The third-order valence-corrected chi connectivity index (χ3v) is 6.50. The molecule has 3 aromatic rings. The van der Waals surface area contributed by atoms with Crippen molar-refractivity contribution in [3.8, 4) is 5.75 Å². The van der Waals surface area contributed by atoms with Crippen LogP contribution in [0.5, 0.6) is 5.75 Å². The number of carbonyl (C=O) groups excluding carboxylic acids is 3. The summed E-state index contributed by atoms with van der Waals surface area (Å²) in [6.45, 7) is 3.98. The molecule has 0 spiro atoms. The van der Waals surface area contributed by atoms with E-state index in [-0.39, 0.29) is 21.3 Å². The lowest BCUT2D eigenvalue weighted by Gasteiger charge is -2.23. The lowest BCUT2D eigenvalue weighted by Crippen LogP contribution is -2.29. The standard InChI is InChI=1S/C25H22N2O6S/c1-4-33-17-12-10-15(11-13-17)19-18(20(28)16-8-6-5-7-9-16)21(29)23(30)27(19)25-26-14(2)22(34-25)24(31)32-3/h5-13,19,28H,4H2,1-3H3. The van der Waals surface area contributed by atoms with Crippen LogP contribution in [0.25, 0.3) is 5.76 Å². The Morgan fingerprint density at radius 1 is 1.12 bits per heavy atom. The van der Waals surface area contributed by atoms with Crippen molar-refractivity contribution in [1.82, 2.24) is 4.98 Å². The van der Waals surface area contributed by atoms with Gasteiger partial charge in [0.1, 0.15) is 16.4 Å². The molecule has 2 heterocycles. The number of aliphatic hydroxyl groups excluding tert-OH is 1. The van der Waals surface area contributed by atoms with Gasteiger partial charge in [-0.3, -0.25) is 14.5 Å². The quantitative estimate of drug-likeness (QED) is 0.244. The van der Waals surface area contributed by atoms with Gasteiger partial charge in [0.15, 0.2) is 5.13 Å². The summed E-state index contributed by atoms with van der Waals surface area (Å²) in [6.07, 6.45) is 0. The summed E-state index contributed by atoms with van der Waals surface area (Å²) in [5.74, 6) is -1.93. The maximum Gasteiger partial charge on any atom is 0.350 e. The molecule has 174 valence electrons. The van der Waals surface area contributed by atoms with Crippen LogP contribution < -0.4 is 9.64 Å². The van der Waals surface area contributed by atoms with E-state index in [9.17, 15) is 19.5 Å². The van der Waals surface area contributed by atoms with Gasteiger partial charge in [-0.25, -0.2) is 9.78 Å². The number of Topliss-reactive ketones (excluding diaryl/α,β-unsaturated/α-hetero) is 1. The molecule has 1 atom stereocenters. The number of ketones is 1. The number of benzene rings is 2. The summed E-state index contributed by atoms with van der Waals surface area (Å²) in [4.78, 5) is 44.4. The van der Waals surface area contributed by atoms with Gasteiger partial charge in [0, 0.05) is 5.56 Å². The van der Waals surface area contributed by atoms with Crippen LogP contribution in [0.2, 0.25) is 0 Å². The minimum Gasteiger partial charge on any atom is -0.507 e. The molecule has 0 aliphatic carbocycles. The van der Waals surface area contributed by atoms with E-state index in [1.165, 1.54) is 12.0 Å². The first-order chi connectivity index (χ1) is 16.4. The van der Waals surface area contributed by atoms with Gasteiger partial charge in [-0.05, 0) is 31.5 Å². The first kappa shape index (κ1) is 23.2. The van der Waals surface area contributed by atoms with E-state index < -0.39 is 23.7 Å². The van der Waals surface area contributed by atoms with Gasteiger partial charge < -0.3 is 14.6 Å². The average Bonchev–Trinajstić information content (AvgIpc) is 3.36. The highest BCUT2D eigenvalue weighted by atomic mass is 32.1. The minimum atomic E-state index is -0.952. The number of thiazole rings is 1. The maximum absolute atomic E-state index is 13.2. The van der Waals surface area contributed by atoms with E-state index in [2.05, 4.69) is 4.98 Å². The molecular formula is C25H22N2O6S. The summed E-state index contributed by atoms with van der Waals surface area (Å²) in [7, 11) is 1.26. The zero-order valence-corrected chi connectivity index (χ0v) is 19.6. The van der Waals surface area contributed by atoms with Crippen LogP contribution in [0, 0.1) is 6.92 Å². The molecule has 1 saturated heterocycles. The molecule has 0 bridgehead atoms. The van der Waals surface area contributed by atoms with Crippen LogP contribution >= 0.6 is 11.3 Å². The Hall–Kier alpha value is -3.98. The number of aryl methyl sites for hydroxylation is 1. The van der Waals surface area contributed by atoms with Gasteiger partial charge in [0.25, 0.3) is 5.78 Å². The zero-order chi connectivity index (χ0) is 24.4. The van der Waals surface area contributed by atoms with Gasteiger partial charge in [-0.15, -0.1) is 0 Å². The minimum absolute atomic E-state index is 0.0622. The molecule has 1 amide bonds. The molecule has 8 nitrogen and oxygen atoms in total. The van der Waals surface area contributed by atoms with E-state index in [1.54, 1.807) is 61.5 Å². The summed E-state index contributed by atoms with van der Waals surface area (Å²) in [5, 5.41) is 11.3. The number of methoxy groups -OCH3 is 1. The zero-order valence-electron chi connectivity index (χ0n) is 18.8. The lowest BCUT2D eigenvalue weighted by molar-refractivity contribution is -0.132. The molecule has 0 radical (unpaired) electrons. The normalized spacial score (nSPS) is 17.1. The van der Waals surface area contributed by atoms with Crippen LogP contribution in [0.15, 0.2) is 60.2 Å². The lowest BCUT2D eigenvalue weighted by atomic mass is 9.95. The van der Waals surface area contributed by atoms with Gasteiger partial charge >= 0.3 is 11.9 Å². The van der Waals surface area contributed by atoms with E-state index in [0.29, 0.717) is 29.2 Å². The summed E-state index contributed by atoms with van der Waals surface area (Å²) in [6, 6.07) is 14.5. The molecule has 2 aromatic carbocycles. The van der Waals surface area contributed by atoms with Crippen LogP contribution in [0.1, 0.15) is 39.5 Å². The number of ether oxygens (including phenoxy) is 2. The Bertz CT molecular complexity index is 1280. The smallest absolute Gasteiger partial charge is 0.350 e. The van der Waals surface area contributed by atoms with Crippen molar-refractivity contribution < 1.29 is 29.0 Å². The second-order valence-corrected chi connectivity index (χ2v) is 8.42. The van der Waals surface area contributed by atoms with Gasteiger partial charge in [0.2, 0.25) is 0 Å². The summed E-state index contributed by atoms with van der Waals surface area (Å²) in [5.41, 5.74) is 1.30. The number of nitrogens with zero attached hydrogens (tertiary/aromatic N) is 2. The number of hydrogen-bond acceptors (Lipinski definition) is 8. The van der Waals surface area contributed by atoms with Gasteiger partial charge in [-0.1, -0.05) is 53.8 Å². The van der Waals surface area contributed by atoms with Crippen molar-refractivity contribution in [2.75, 3.05) is 18.6 Å². The number of aromatic nitrogens is 1. The van der Waals surface area contributed by atoms with Crippen molar-refractivity contribution in [3.05, 3.63) is 81.9 Å². The molecule has 1 unspecified atom stereocenters. The van der Waals surface area contributed by atoms with Crippen LogP contribution in [0.3, 0.4) is 0 Å². The Morgan fingerprint density at radius 2 is 1.79 bits per heavy atom. The fourth-order valence-electron chi connectivity index (χ4n) is 3.78. The SMILES string of the molecule is CCOc1ccc(C2C(=C(O)c3ccccc3)C(=O)C(=O)N2c2nc(C)c(C(=O)OC)s2)cc1. The summed E-state index contributed by atoms with van der Waals surface area (Å²) >= 11 is 0.953. The number of anilines is 1. The highest BCUT2D eigenvalue weighted by Crippen LogP contribution is 2.44. The third kappa shape index (κ3) is 4.06. The summed E-state index contributed by atoms with van der Waals surface area (Å²) < 4.78 is 10.3. The van der Waals surface area contributed by atoms with Gasteiger partial charge in [-0.2, -0.15) is 0 Å². The first-order valence-electron chi connectivity index (χ1n) is 10.5. The highest BCUT2D eigenvalue weighted by Gasteiger charge is 2.48. The number of aliphatic hydroxyl groups is 1. The predicted octanol–water partition coefficient (Wildman–Crippen LogP) is 4.26. The van der Waals surface area contributed by atoms with E-state index in [0.717, 1.165) is 11.3 Å². The fourth-order valence-corrected chi connectivity index (χ4v) is 4.79. The van der Waals surface area contributed by atoms with Crippen molar-refractivity contribution in [1.29, 1.82) is 0 Å². The fraction of sp³-hybridized carbons (Fsp3) is 0.200. The first-order valence-corrected chi connectivity index (χ1v) is 11.3. The third-order valence-electron chi connectivity index (χ3n) is 5.36. The number of hydrogen-bond donors (Lipinski definition) is 1. The van der Waals surface area contributed by atoms with Crippen molar-refractivity contribution >= 4 is 39.9 Å². The van der Waals surface area contributed by atoms with E-state index >= 15 is 0 Å². The molecular weight excluding hydrogens is 456 g/mol. The second-order valence-electron chi connectivity index (χ2n) is 7.44. The van der Waals surface area contributed by atoms with E-state index in [4.69, 9.17) is 9.47 Å². The molecule has 0 saturated carbocycles. The van der Waals surface area contributed by atoms with Crippen molar-refractivity contribution in [3.63, 3.8) is 0 Å².